The van der Waals surface area contributed by atoms with Crippen molar-refractivity contribution < 1.29 is 22.5 Å². The predicted octanol–water partition coefficient (Wildman–Crippen LogP) is 0.938. The molecule has 5 nitrogen and oxygen atoms in total. The maximum Gasteiger partial charge on any atom is 0.330 e. The van der Waals surface area contributed by atoms with E-state index in [9.17, 15) is 13.2 Å². The van der Waals surface area contributed by atoms with E-state index in [1.165, 1.54) is 13.0 Å². The second kappa shape index (κ2) is 5.09. The van der Waals surface area contributed by atoms with E-state index in [1.807, 2.05) is 0 Å². The molecular formula is C9H14O5S. The van der Waals surface area contributed by atoms with Crippen molar-refractivity contribution in [1.82, 2.24) is 0 Å². The van der Waals surface area contributed by atoms with Gasteiger partial charge in [0.05, 0.1) is 0 Å². The minimum atomic E-state index is -4.22. The lowest BCUT2D eigenvalue weighted by Crippen LogP contribution is -2.38. The predicted molar refractivity (Wildman–Crippen MR) is 55.9 cm³/mol. The van der Waals surface area contributed by atoms with Gasteiger partial charge in [0.25, 0.3) is 10.1 Å². The first-order chi connectivity index (χ1) is 6.72. The van der Waals surface area contributed by atoms with Gasteiger partial charge in [0.1, 0.15) is 11.4 Å². The monoisotopic (exact) mass is 234 g/mol. The third-order valence-corrected chi connectivity index (χ3v) is 2.55. The molecule has 0 bridgehead atoms. The molecular weight excluding hydrogens is 220 g/mol. The average molecular weight is 234 g/mol. The van der Waals surface area contributed by atoms with Gasteiger partial charge < -0.3 is 4.74 Å². The summed E-state index contributed by atoms with van der Waals surface area (Å²) in [5, 5.41) is 0. The molecule has 0 fully saturated rings. The summed E-state index contributed by atoms with van der Waals surface area (Å²) >= 11 is 0. The smallest absolute Gasteiger partial charge is 0.330 e. The Hall–Kier alpha value is -1.14. The van der Waals surface area contributed by atoms with Crippen molar-refractivity contribution in [2.24, 2.45) is 0 Å². The SMILES string of the molecule is C=CCC(C)(CS(=O)(=O)O)OC(=O)C=C. The molecule has 0 aromatic heterocycles. The molecule has 1 unspecified atom stereocenters. The van der Waals surface area contributed by atoms with E-state index in [1.54, 1.807) is 0 Å². The maximum atomic E-state index is 10.9. The Balaban J connectivity index is 4.80. The Bertz CT molecular complexity index is 357. The van der Waals surface area contributed by atoms with Crippen LogP contribution in [-0.2, 0) is 19.6 Å². The molecule has 0 heterocycles. The van der Waals surface area contributed by atoms with Crippen LogP contribution < -0.4 is 0 Å². The van der Waals surface area contributed by atoms with E-state index in [0.29, 0.717) is 0 Å². The molecule has 15 heavy (non-hydrogen) atoms. The van der Waals surface area contributed by atoms with Gasteiger partial charge >= 0.3 is 5.97 Å². The lowest BCUT2D eigenvalue weighted by Gasteiger charge is -2.26. The van der Waals surface area contributed by atoms with Crippen LogP contribution in [0, 0.1) is 0 Å². The van der Waals surface area contributed by atoms with Crippen molar-refractivity contribution in [2.75, 3.05) is 5.75 Å². The first-order valence-electron chi connectivity index (χ1n) is 4.14. The van der Waals surface area contributed by atoms with E-state index in [4.69, 9.17) is 9.29 Å². The summed E-state index contributed by atoms with van der Waals surface area (Å²) in [4.78, 5) is 10.9. The van der Waals surface area contributed by atoms with Gasteiger partial charge in [-0.1, -0.05) is 12.7 Å². The van der Waals surface area contributed by atoms with Crippen LogP contribution in [0.5, 0.6) is 0 Å². The largest absolute Gasteiger partial charge is 0.455 e. The zero-order valence-corrected chi connectivity index (χ0v) is 9.29. The van der Waals surface area contributed by atoms with Crippen LogP contribution in [0.4, 0.5) is 0 Å². The number of hydrogen-bond acceptors (Lipinski definition) is 4. The number of carbonyl (C=O) groups is 1. The lowest BCUT2D eigenvalue weighted by atomic mass is 10.1. The summed E-state index contributed by atoms with van der Waals surface area (Å²) in [6, 6.07) is 0. The molecule has 0 saturated carbocycles. The molecule has 0 aliphatic heterocycles. The van der Waals surface area contributed by atoms with Gasteiger partial charge in [-0.15, -0.1) is 6.58 Å². The van der Waals surface area contributed by atoms with E-state index in [-0.39, 0.29) is 6.42 Å². The molecule has 6 heteroatoms. The van der Waals surface area contributed by atoms with Gasteiger partial charge in [0.15, 0.2) is 0 Å². The summed E-state index contributed by atoms with van der Waals surface area (Å²) in [5.41, 5.74) is -1.32. The van der Waals surface area contributed by atoms with Gasteiger partial charge in [0, 0.05) is 12.5 Å². The first-order valence-corrected chi connectivity index (χ1v) is 5.75. The topological polar surface area (TPSA) is 80.7 Å². The third-order valence-electron chi connectivity index (χ3n) is 1.58. The summed E-state index contributed by atoms with van der Waals surface area (Å²) in [7, 11) is -4.22. The van der Waals surface area contributed by atoms with Crippen molar-refractivity contribution >= 4 is 16.1 Å². The van der Waals surface area contributed by atoms with E-state index < -0.39 is 27.4 Å². The highest BCUT2D eigenvalue weighted by atomic mass is 32.2. The van der Waals surface area contributed by atoms with Gasteiger partial charge in [-0.2, -0.15) is 8.42 Å². The fourth-order valence-corrected chi connectivity index (χ4v) is 2.05. The summed E-state index contributed by atoms with van der Waals surface area (Å²) in [5.74, 6) is -1.42. The van der Waals surface area contributed by atoms with Crippen LogP contribution in [0.1, 0.15) is 13.3 Å². The van der Waals surface area contributed by atoms with Crippen molar-refractivity contribution in [2.45, 2.75) is 18.9 Å². The number of carbonyl (C=O) groups excluding carboxylic acids is 1. The number of hydrogen-bond donors (Lipinski definition) is 1. The lowest BCUT2D eigenvalue weighted by molar-refractivity contribution is -0.149. The quantitative estimate of drug-likeness (QED) is 0.320. The van der Waals surface area contributed by atoms with E-state index >= 15 is 0 Å². The highest BCUT2D eigenvalue weighted by molar-refractivity contribution is 7.85. The van der Waals surface area contributed by atoms with Gasteiger partial charge in [-0.05, 0) is 6.92 Å². The minimum Gasteiger partial charge on any atom is -0.455 e. The van der Waals surface area contributed by atoms with Gasteiger partial charge in [0.2, 0.25) is 0 Å². The molecule has 0 aromatic carbocycles. The van der Waals surface area contributed by atoms with Crippen molar-refractivity contribution in [1.29, 1.82) is 0 Å². The molecule has 0 rings (SSSR count). The van der Waals surface area contributed by atoms with Crippen molar-refractivity contribution in [3.8, 4) is 0 Å². The molecule has 1 N–H and O–H groups in total. The Morgan fingerprint density at radius 1 is 1.53 bits per heavy atom. The average Bonchev–Trinajstić information content (AvgIpc) is 2.00. The number of rotatable bonds is 6. The Kier molecular flexibility index (Phi) is 4.70. The molecule has 0 aliphatic carbocycles. The molecule has 0 spiro atoms. The highest BCUT2D eigenvalue weighted by Gasteiger charge is 2.32. The van der Waals surface area contributed by atoms with Crippen LogP contribution in [0.25, 0.3) is 0 Å². The zero-order chi connectivity index (χ0) is 12.1. The molecule has 0 radical (unpaired) electrons. The number of esters is 1. The minimum absolute atomic E-state index is 0.117. The summed E-state index contributed by atoms with van der Waals surface area (Å²) in [6.07, 6.45) is 2.44. The van der Waals surface area contributed by atoms with Gasteiger partial charge in [-0.25, -0.2) is 4.79 Å². The van der Waals surface area contributed by atoms with Crippen LogP contribution in [-0.4, -0.2) is 30.3 Å². The Labute approximate surface area is 89.2 Å². The number of ether oxygens (including phenoxy) is 1. The summed E-state index contributed by atoms with van der Waals surface area (Å²) in [6.45, 7) is 8.00. The molecule has 0 saturated heterocycles. The first kappa shape index (κ1) is 13.9. The highest BCUT2D eigenvalue weighted by Crippen LogP contribution is 2.18. The Morgan fingerprint density at radius 3 is 2.40 bits per heavy atom. The van der Waals surface area contributed by atoms with E-state index in [2.05, 4.69) is 13.2 Å². The Morgan fingerprint density at radius 2 is 2.07 bits per heavy atom. The van der Waals surface area contributed by atoms with Crippen LogP contribution in [0.15, 0.2) is 25.3 Å². The molecule has 0 amide bonds. The van der Waals surface area contributed by atoms with Crippen LogP contribution in [0.3, 0.4) is 0 Å². The fourth-order valence-electron chi connectivity index (χ4n) is 1.11. The second-order valence-corrected chi connectivity index (χ2v) is 4.75. The molecule has 86 valence electrons. The van der Waals surface area contributed by atoms with E-state index in [0.717, 1.165) is 6.08 Å². The fraction of sp³-hybridized carbons (Fsp3) is 0.444. The zero-order valence-electron chi connectivity index (χ0n) is 8.47. The summed E-state index contributed by atoms with van der Waals surface area (Å²) < 4.78 is 34.9. The van der Waals surface area contributed by atoms with Crippen LogP contribution >= 0.6 is 0 Å². The van der Waals surface area contributed by atoms with Crippen molar-refractivity contribution in [3.05, 3.63) is 25.3 Å². The van der Waals surface area contributed by atoms with Crippen LogP contribution in [0.2, 0.25) is 0 Å². The normalized spacial score (nSPS) is 15.1. The molecule has 0 aromatic rings. The molecule has 1 atom stereocenters. The van der Waals surface area contributed by atoms with Gasteiger partial charge in [-0.3, -0.25) is 4.55 Å². The van der Waals surface area contributed by atoms with Crippen molar-refractivity contribution in [3.63, 3.8) is 0 Å². The molecule has 0 aliphatic rings. The third kappa shape index (κ3) is 6.03. The maximum absolute atomic E-state index is 10.9. The standard InChI is InChI=1S/C9H14O5S/c1-4-6-9(3,7-15(11,12)13)14-8(10)5-2/h4-5H,1-2,6-7H2,3H3,(H,11,12,13). The second-order valence-electron chi connectivity index (χ2n) is 3.29.